The van der Waals surface area contributed by atoms with E-state index in [1.807, 2.05) is 57.2 Å². The number of anilines is 2. The van der Waals surface area contributed by atoms with Crippen molar-refractivity contribution in [3.8, 4) is 17.2 Å². The van der Waals surface area contributed by atoms with Crippen molar-refractivity contribution < 1.29 is 23.8 Å². The summed E-state index contributed by atoms with van der Waals surface area (Å²) in [5.41, 5.74) is 3.28. The van der Waals surface area contributed by atoms with Gasteiger partial charge in [0, 0.05) is 5.69 Å². The number of ether oxygens (including phenoxy) is 3. The molecule has 2 N–H and O–H groups in total. The molecule has 1 fully saturated rings. The van der Waals surface area contributed by atoms with Crippen LogP contribution in [0.2, 0.25) is 0 Å². The van der Waals surface area contributed by atoms with Crippen molar-refractivity contribution in [2.45, 2.75) is 20.8 Å². The van der Waals surface area contributed by atoms with E-state index in [1.165, 1.54) is 4.90 Å². The van der Waals surface area contributed by atoms with E-state index in [-0.39, 0.29) is 23.5 Å². The van der Waals surface area contributed by atoms with Crippen LogP contribution in [0, 0.1) is 6.92 Å². The molecule has 0 bridgehead atoms. The molecule has 196 valence electrons. The van der Waals surface area contributed by atoms with E-state index in [2.05, 4.69) is 10.6 Å². The van der Waals surface area contributed by atoms with Gasteiger partial charge in [0.2, 0.25) is 0 Å². The number of rotatable bonds is 10. The van der Waals surface area contributed by atoms with Crippen molar-refractivity contribution in [3.05, 3.63) is 83.6 Å². The molecule has 38 heavy (non-hydrogen) atoms. The summed E-state index contributed by atoms with van der Waals surface area (Å²) in [4.78, 5) is 27.1. The predicted molar refractivity (Wildman–Crippen MR) is 152 cm³/mol. The normalized spacial score (nSPS) is 13.9. The SMILES string of the molecule is CCOc1cc(/C=C2/NC(=S)N(c3ccccc3OCC)C2=O)ccc1OCC(=O)Nc1ccccc1C. The second kappa shape index (κ2) is 12.2. The van der Waals surface area contributed by atoms with Crippen molar-refractivity contribution in [2.24, 2.45) is 0 Å². The van der Waals surface area contributed by atoms with E-state index in [0.29, 0.717) is 47.4 Å². The first-order chi connectivity index (χ1) is 18.4. The number of hydrogen-bond donors (Lipinski definition) is 2. The highest BCUT2D eigenvalue weighted by molar-refractivity contribution is 7.80. The minimum absolute atomic E-state index is 0.183. The summed E-state index contributed by atoms with van der Waals surface area (Å²) in [7, 11) is 0. The molecule has 8 nitrogen and oxygen atoms in total. The Labute approximate surface area is 227 Å². The van der Waals surface area contributed by atoms with E-state index < -0.39 is 0 Å². The van der Waals surface area contributed by atoms with E-state index in [9.17, 15) is 9.59 Å². The molecule has 1 aliphatic heterocycles. The molecule has 9 heteroatoms. The maximum atomic E-state index is 13.3. The summed E-state index contributed by atoms with van der Waals surface area (Å²) in [5.74, 6) is 0.864. The average Bonchev–Trinajstić information content (AvgIpc) is 3.18. The monoisotopic (exact) mass is 531 g/mol. The topological polar surface area (TPSA) is 89.1 Å². The zero-order chi connectivity index (χ0) is 27.1. The maximum Gasteiger partial charge on any atom is 0.281 e. The molecule has 2 amide bonds. The summed E-state index contributed by atoms with van der Waals surface area (Å²) in [6.07, 6.45) is 1.69. The first-order valence-electron chi connectivity index (χ1n) is 12.2. The van der Waals surface area contributed by atoms with Gasteiger partial charge < -0.3 is 24.8 Å². The van der Waals surface area contributed by atoms with Gasteiger partial charge in [-0.3, -0.25) is 9.59 Å². The highest BCUT2D eigenvalue weighted by Crippen LogP contribution is 2.33. The number of thiocarbonyl (C=S) groups is 1. The van der Waals surface area contributed by atoms with Gasteiger partial charge in [-0.1, -0.05) is 36.4 Å². The highest BCUT2D eigenvalue weighted by atomic mass is 32.1. The molecule has 4 rings (SSSR count). The lowest BCUT2D eigenvalue weighted by Gasteiger charge is -2.18. The van der Waals surface area contributed by atoms with Gasteiger partial charge in [-0.15, -0.1) is 0 Å². The van der Waals surface area contributed by atoms with E-state index >= 15 is 0 Å². The van der Waals surface area contributed by atoms with Crippen LogP contribution >= 0.6 is 12.2 Å². The quantitative estimate of drug-likeness (QED) is 0.279. The van der Waals surface area contributed by atoms with Crippen LogP contribution in [-0.2, 0) is 9.59 Å². The summed E-state index contributed by atoms with van der Waals surface area (Å²) in [6, 6.07) is 20.0. The fraction of sp³-hybridized carbons (Fsp3) is 0.207. The molecule has 1 saturated heterocycles. The van der Waals surface area contributed by atoms with Crippen LogP contribution in [0.3, 0.4) is 0 Å². The molecule has 3 aromatic rings. The lowest BCUT2D eigenvalue weighted by molar-refractivity contribution is -0.118. The molecular weight excluding hydrogens is 502 g/mol. The van der Waals surface area contributed by atoms with Gasteiger partial charge in [-0.2, -0.15) is 0 Å². The van der Waals surface area contributed by atoms with Crippen LogP contribution < -0.4 is 29.7 Å². The molecule has 1 aliphatic rings. The Morgan fingerprint density at radius 2 is 1.66 bits per heavy atom. The van der Waals surface area contributed by atoms with Crippen molar-refractivity contribution in [1.29, 1.82) is 0 Å². The molecule has 0 radical (unpaired) electrons. The molecule has 0 aromatic heterocycles. The molecule has 0 spiro atoms. The van der Waals surface area contributed by atoms with Crippen LogP contribution in [0.4, 0.5) is 11.4 Å². The van der Waals surface area contributed by atoms with Gasteiger partial charge in [0.25, 0.3) is 11.8 Å². The van der Waals surface area contributed by atoms with Gasteiger partial charge in [0.1, 0.15) is 11.4 Å². The third kappa shape index (κ3) is 6.12. The molecule has 0 unspecified atom stereocenters. The van der Waals surface area contributed by atoms with Crippen LogP contribution in [0.25, 0.3) is 6.08 Å². The van der Waals surface area contributed by atoms with E-state index in [4.69, 9.17) is 26.4 Å². The Morgan fingerprint density at radius 1 is 0.947 bits per heavy atom. The number of benzene rings is 3. The minimum atomic E-state index is -0.298. The van der Waals surface area contributed by atoms with E-state index in [0.717, 1.165) is 11.3 Å². The Balaban J connectivity index is 1.50. The number of nitrogens with one attached hydrogen (secondary N) is 2. The molecular formula is C29H29N3O5S. The third-order valence-electron chi connectivity index (χ3n) is 5.64. The fourth-order valence-electron chi connectivity index (χ4n) is 3.88. The molecule has 0 atom stereocenters. The van der Waals surface area contributed by atoms with Crippen molar-refractivity contribution in [2.75, 3.05) is 30.0 Å². The van der Waals surface area contributed by atoms with Crippen molar-refractivity contribution in [3.63, 3.8) is 0 Å². The second-order valence-corrected chi connectivity index (χ2v) is 8.71. The summed E-state index contributed by atoms with van der Waals surface area (Å²) < 4.78 is 17.2. The summed E-state index contributed by atoms with van der Waals surface area (Å²) >= 11 is 5.45. The summed E-state index contributed by atoms with van der Waals surface area (Å²) in [6.45, 7) is 6.33. The van der Waals surface area contributed by atoms with E-state index in [1.54, 1.807) is 36.4 Å². The Kier molecular flexibility index (Phi) is 8.60. The number of carbonyl (C=O) groups is 2. The first kappa shape index (κ1) is 26.7. The molecule has 0 saturated carbocycles. The zero-order valence-electron chi connectivity index (χ0n) is 21.4. The second-order valence-electron chi connectivity index (χ2n) is 8.32. The predicted octanol–water partition coefficient (Wildman–Crippen LogP) is 5.07. The minimum Gasteiger partial charge on any atom is -0.492 e. The first-order valence-corrected chi connectivity index (χ1v) is 12.7. The van der Waals surface area contributed by atoms with Crippen LogP contribution in [-0.4, -0.2) is 36.7 Å². The lowest BCUT2D eigenvalue weighted by Crippen LogP contribution is -2.30. The molecule has 1 heterocycles. The Morgan fingerprint density at radius 3 is 2.42 bits per heavy atom. The zero-order valence-corrected chi connectivity index (χ0v) is 22.3. The van der Waals surface area contributed by atoms with Crippen LogP contribution in [0.15, 0.2) is 72.4 Å². The number of carbonyl (C=O) groups excluding carboxylic acids is 2. The largest absolute Gasteiger partial charge is 0.492 e. The molecule has 0 aliphatic carbocycles. The van der Waals surface area contributed by atoms with Gasteiger partial charge >= 0.3 is 0 Å². The van der Waals surface area contributed by atoms with Gasteiger partial charge in [0.15, 0.2) is 23.2 Å². The number of nitrogens with zero attached hydrogens (tertiary/aromatic N) is 1. The fourth-order valence-corrected chi connectivity index (χ4v) is 4.18. The smallest absolute Gasteiger partial charge is 0.281 e. The van der Waals surface area contributed by atoms with Gasteiger partial charge in [-0.25, -0.2) is 4.90 Å². The number of hydrogen-bond acceptors (Lipinski definition) is 6. The number of para-hydroxylation sites is 3. The standard InChI is InChI=1S/C29H29N3O5S/c1-4-35-24-13-9-8-12-23(24)32-28(34)22(31-29(32)38)16-20-14-15-25(26(17-20)36-5-2)37-18-27(33)30-21-11-7-6-10-19(21)3/h6-17H,4-5,18H2,1-3H3,(H,30,33)(H,31,38)/b22-16+. The van der Waals surface area contributed by atoms with Gasteiger partial charge in [-0.05, 0) is 80.5 Å². The lowest BCUT2D eigenvalue weighted by atomic mass is 10.1. The van der Waals surface area contributed by atoms with Crippen LogP contribution in [0.5, 0.6) is 17.2 Å². The Bertz CT molecular complexity index is 1390. The van der Waals surface area contributed by atoms with Crippen LogP contribution in [0.1, 0.15) is 25.0 Å². The highest BCUT2D eigenvalue weighted by Gasteiger charge is 2.33. The number of amides is 2. The Hall–Kier alpha value is -4.37. The number of aryl methyl sites for hydroxylation is 1. The maximum absolute atomic E-state index is 13.3. The average molecular weight is 532 g/mol. The summed E-state index contributed by atoms with van der Waals surface area (Å²) in [5, 5.41) is 6.10. The third-order valence-corrected chi connectivity index (χ3v) is 5.93. The van der Waals surface area contributed by atoms with Crippen molar-refractivity contribution >= 4 is 46.6 Å². The molecule has 3 aromatic carbocycles. The van der Waals surface area contributed by atoms with Gasteiger partial charge in [0.05, 0.1) is 18.9 Å². The van der Waals surface area contributed by atoms with Crippen molar-refractivity contribution in [1.82, 2.24) is 5.32 Å².